The van der Waals surface area contributed by atoms with Gasteiger partial charge in [-0.3, -0.25) is 14.9 Å². The number of esters is 1. The summed E-state index contributed by atoms with van der Waals surface area (Å²) in [6.07, 6.45) is 1.12. The zero-order valence-corrected chi connectivity index (χ0v) is 12.3. The number of anilines is 1. The lowest BCUT2D eigenvalue weighted by Gasteiger charge is -2.07. The third kappa shape index (κ3) is 3.91. The Morgan fingerprint density at radius 2 is 2.04 bits per heavy atom. The normalized spacial score (nSPS) is 10.3. The summed E-state index contributed by atoms with van der Waals surface area (Å²) in [5.74, 6) is -3.59. The van der Waals surface area contributed by atoms with Crippen LogP contribution in [0.2, 0.25) is 0 Å². The minimum Gasteiger partial charge on any atom is -0.451 e. The molecule has 1 aromatic heterocycles. The Bertz CT molecular complexity index is 819. The van der Waals surface area contributed by atoms with Crippen LogP contribution in [0.5, 0.6) is 0 Å². The molecule has 8 nitrogen and oxygen atoms in total. The number of benzene rings is 1. The Morgan fingerprint density at radius 3 is 2.62 bits per heavy atom. The molecule has 0 unspecified atom stereocenters. The molecule has 0 aliphatic carbocycles. The number of nitrogens with one attached hydrogen (secondary N) is 1. The van der Waals surface area contributed by atoms with Crippen LogP contribution >= 0.6 is 0 Å². The Kier molecular flexibility index (Phi) is 4.87. The quantitative estimate of drug-likeness (QED) is 0.510. The first kappa shape index (κ1) is 17.1. The molecule has 1 N–H and O–H groups in total. The van der Waals surface area contributed by atoms with E-state index in [-0.39, 0.29) is 17.1 Å². The van der Waals surface area contributed by atoms with E-state index in [1.165, 1.54) is 11.6 Å². The molecule has 0 fully saturated rings. The fraction of sp³-hybridized carbons (Fsp3) is 0.143. The summed E-state index contributed by atoms with van der Waals surface area (Å²) < 4.78 is 32.0. The highest BCUT2D eigenvalue weighted by Crippen LogP contribution is 2.17. The van der Waals surface area contributed by atoms with Crippen molar-refractivity contribution >= 4 is 23.3 Å². The van der Waals surface area contributed by atoms with Crippen LogP contribution in [0.3, 0.4) is 0 Å². The van der Waals surface area contributed by atoms with Crippen molar-refractivity contribution in [1.82, 2.24) is 4.57 Å². The lowest BCUT2D eigenvalue weighted by Crippen LogP contribution is -2.22. The number of rotatable bonds is 5. The number of carbonyl (C=O) groups is 2. The van der Waals surface area contributed by atoms with Gasteiger partial charge in [-0.25, -0.2) is 13.6 Å². The van der Waals surface area contributed by atoms with Crippen molar-refractivity contribution in [2.75, 3.05) is 11.9 Å². The molecule has 10 heteroatoms. The summed E-state index contributed by atoms with van der Waals surface area (Å²) in [5.41, 5.74) is -0.697. The molecule has 24 heavy (non-hydrogen) atoms. The van der Waals surface area contributed by atoms with Gasteiger partial charge in [0.1, 0.15) is 17.3 Å². The molecule has 0 atom stereocenters. The first-order valence-electron chi connectivity index (χ1n) is 6.50. The van der Waals surface area contributed by atoms with Gasteiger partial charge in [-0.1, -0.05) is 0 Å². The van der Waals surface area contributed by atoms with Crippen molar-refractivity contribution in [3.63, 3.8) is 0 Å². The zero-order chi connectivity index (χ0) is 17.9. The number of ether oxygens (including phenoxy) is 1. The van der Waals surface area contributed by atoms with Gasteiger partial charge < -0.3 is 14.6 Å². The van der Waals surface area contributed by atoms with E-state index in [4.69, 9.17) is 4.74 Å². The van der Waals surface area contributed by atoms with Gasteiger partial charge in [0.15, 0.2) is 6.61 Å². The Labute approximate surface area is 133 Å². The van der Waals surface area contributed by atoms with Gasteiger partial charge in [0.25, 0.3) is 11.6 Å². The Hall–Kier alpha value is -3.30. The predicted octanol–water partition coefficient (Wildman–Crippen LogP) is 2.01. The molecule has 0 saturated carbocycles. The maximum atomic E-state index is 13.4. The van der Waals surface area contributed by atoms with Crippen molar-refractivity contribution < 1.29 is 28.0 Å². The minimum absolute atomic E-state index is 0.123. The highest BCUT2D eigenvalue weighted by atomic mass is 19.1. The number of hydrogen-bond acceptors (Lipinski definition) is 5. The van der Waals surface area contributed by atoms with Crippen molar-refractivity contribution in [2.24, 2.45) is 7.05 Å². The van der Waals surface area contributed by atoms with Crippen LogP contribution in [-0.2, 0) is 16.6 Å². The highest BCUT2D eigenvalue weighted by molar-refractivity contribution is 5.95. The fourth-order valence-corrected chi connectivity index (χ4v) is 1.83. The summed E-state index contributed by atoms with van der Waals surface area (Å²) in [7, 11) is 1.40. The minimum atomic E-state index is -0.979. The van der Waals surface area contributed by atoms with E-state index in [1.54, 1.807) is 0 Å². The van der Waals surface area contributed by atoms with E-state index in [0.717, 1.165) is 24.4 Å². The van der Waals surface area contributed by atoms with Crippen LogP contribution in [0.15, 0.2) is 30.5 Å². The standard InChI is InChI=1S/C14H11F2N3O5/c1-18-6-9(19(22)23)5-12(18)14(21)24-7-13(20)17-11-3-2-8(15)4-10(11)16/h2-6H,7H2,1H3,(H,17,20). The van der Waals surface area contributed by atoms with Crippen LogP contribution < -0.4 is 5.32 Å². The molecule has 0 aliphatic heterocycles. The van der Waals surface area contributed by atoms with E-state index in [1.807, 2.05) is 0 Å². The number of amides is 1. The molecular formula is C14H11F2N3O5. The largest absolute Gasteiger partial charge is 0.451 e. The molecular weight excluding hydrogens is 328 g/mol. The van der Waals surface area contributed by atoms with Crippen LogP contribution in [0.25, 0.3) is 0 Å². The predicted molar refractivity (Wildman–Crippen MR) is 77.3 cm³/mol. The second-order valence-electron chi connectivity index (χ2n) is 4.70. The van der Waals surface area contributed by atoms with Gasteiger partial charge in [-0.15, -0.1) is 0 Å². The first-order valence-corrected chi connectivity index (χ1v) is 6.50. The van der Waals surface area contributed by atoms with E-state index >= 15 is 0 Å². The van der Waals surface area contributed by atoms with Gasteiger partial charge in [-0.2, -0.15) is 0 Å². The summed E-state index contributed by atoms with van der Waals surface area (Å²) >= 11 is 0. The number of nitro groups is 1. The number of hydrogen-bond donors (Lipinski definition) is 1. The number of aromatic nitrogens is 1. The van der Waals surface area contributed by atoms with Crippen molar-refractivity contribution in [1.29, 1.82) is 0 Å². The lowest BCUT2D eigenvalue weighted by molar-refractivity contribution is -0.384. The van der Waals surface area contributed by atoms with E-state index in [0.29, 0.717) is 6.07 Å². The Balaban J connectivity index is 1.96. The molecule has 0 radical (unpaired) electrons. The van der Waals surface area contributed by atoms with E-state index in [2.05, 4.69) is 5.32 Å². The monoisotopic (exact) mass is 339 g/mol. The average molecular weight is 339 g/mol. The third-order valence-electron chi connectivity index (χ3n) is 2.95. The van der Waals surface area contributed by atoms with Gasteiger partial charge in [0.2, 0.25) is 0 Å². The smallest absolute Gasteiger partial charge is 0.355 e. The van der Waals surface area contributed by atoms with E-state index < -0.39 is 35.0 Å². The molecule has 0 saturated heterocycles. The maximum absolute atomic E-state index is 13.4. The molecule has 0 aliphatic rings. The maximum Gasteiger partial charge on any atom is 0.355 e. The van der Waals surface area contributed by atoms with Gasteiger partial charge >= 0.3 is 5.97 Å². The summed E-state index contributed by atoms with van der Waals surface area (Å²) in [4.78, 5) is 33.4. The molecule has 0 spiro atoms. The molecule has 1 amide bonds. The summed E-state index contributed by atoms with van der Waals surface area (Å²) in [6.45, 7) is -0.741. The average Bonchev–Trinajstić information content (AvgIpc) is 2.90. The first-order chi connectivity index (χ1) is 11.3. The topological polar surface area (TPSA) is 103 Å². The summed E-state index contributed by atoms with van der Waals surface area (Å²) in [6, 6.07) is 3.56. The number of nitrogens with zero attached hydrogens (tertiary/aromatic N) is 2. The van der Waals surface area contributed by atoms with Crippen molar-refractivity contribution in [3.05, 3.63) is 57.9 Å². The van der Waals surface area contributed by atoms with Crippen molar-refractivity contribution in [2.45, 2.75) is 0 Å². The van der Waals surface area contributed by atoms with Gasteiger partial charge in [-0.05, 0) is 12.1 Å². The van der Waals surface area contributed by atoms with Crippen LogP contribution in [0.1, 0.15) is 10.5 Å². The fourth-order valence-electron chi connectivity index (χ4n) is 1.83. The van der Waals surface area contributed by atoms with Crippen LogP contribution in [0.4, 0.5) is 20.2 Å². The van der Waals surface area contributed by atoms with E-state index in [9.17, 15) is 28.5 Å². The van der Waals surface area contributed by atoms with Crippen LogP contribution in [-0.4, -0.2) is 28.0 Å². The SMILES string of the molecule is Cn1cc([N+](=O)[O-])cc1C(=O)OCC(=O)Nc1ccc(F)cc1F. The second kappa shape index (κ2) is 6.86. The molecule has 2 aromatic rings. The molecule has 1 aromatic carbocycles. The number of halogens is 2. The lowest BCUT2D eigenvalue weighted by atomic mass is 10.3. The third-order valence-corrected chi connectivity index (χ3v) is 2.95. The Morgan fingerprint density at radius 1 is 1.33 bits per heavy atom. The van der Waals surface area contributed by atoms with Crippen LogP contribution in [0, 0.1) is 21.7 Å². The zero-order valence-electron chi connectivity index (χ0n) is 12.3. The second-order valence-corrected chi connectivity index (χ2v) is 4.70. The number of carbonyl (C=O) groups excluding carboxylic acids is 2. The number of aryl methyl sites for hydroxylation is 1. The van der Waals surface area contributed by atoms with Gasteiger partial charge in [0, 0.05) is 19.2 Å². The van der Waals surface area contributed by atoms with Crippen molar-refractivity contribution in [3.8, 4) is 0 Å². The molecule has 126 valence electrons. The van der Waals surface area contributed by atoms with Gasteiger partial charge in [0.05, 0.1) is 16.8 Å². The molecule has 0 bridgehead atoms. The molecule has 2 rings (SSSR count). The summed E-state index contributed by atoms with van der Waals surface area (Å²) in [5, 5.41) is 12.7. The molecule has 1 heterocycles. The highest BCUT2D eigenvalue weighted by Gasteiger charge is 2.19.